The van der Waals surface area contributed by atoms with E-state index in [1.54, 1.807) is 19.2 Å². The highest BCUT2D eigenvalue weighted by molar-refractivity contribution is 5.81. The highest BCUT2D eigenvalue weighted by atomic mass is 16.6. The van der Waals surface area contributed by atoms with Crippen LogP contribution in [0.3, 0.4) is 0 Å². The smallest absolute Gasteiger partial charge is 0.269 e. The number of nitrogens with two attached hydrogens (primary N) is 1. The van der Waals surface area contributed by atoms with E-state index < -0.39 is 11.0 Å². The molecule has 1 aromatic carbocycles. The molecule has 1 amide bonds. The molecule has 0 saturated heterocycles. The van der Waals surface area contributed by atoms with E-state index in [2.05, 4.69) is 0 Å². The van der Waals surface area contributed by atoms with Gasteiger partial charge in [0.15, 0.2) is 0 Å². The van der Waals surface area contributed by atoms with Crippen LogP contribution in [0.1, 0.15) is 25.8 Å². The molecule has 1 unspecified atom stereocenters. The minimum atomic E-state index is -0.529. The molecule has 0 fully saturated rings. The first-order valence-corrected chi connectivity index (χ1v) is 6.55. The second-order valence-electron chi connectivity index (χ2n) is 5.36. The first-order valence-electron chi connectivity index (χ1n) is 6.55. The largest absolute Gasteiger partial charge is 0.340 e. The third kappa shape index (κ3) is 4.62. The van der Waals surface area contributed by atoms with Crippen molar-refractivity contribution in [3.8, 4) is 0 Å². The van der Waals surface area contributed by atoms with E-state index in [1.165, 1.54) is 17.0 Å². The molecule has 1 atom stereocenters. The summed E-state index contributed by atoms with van der Waals surface area (Å²) in [6.45, 7) is 4.33. The summed E-state index contributed by atoms with van der Waals surface area (Å²) >= 11 is 0. The summed E-state index contributed by atoms with van der Waals surface area (Å²) in [5.41, 5.74) is 6.59. The van der Waals surface area contributed by atoms with Crippen LogP contribution in [0.5, 0.6) is 0 Å². The number of carbonyl (C=O) groups excluding carboxylic acids is 1. The van der Waals surface area contributed by atoms with E-state index in [0.29, 0.717) is 24.4 Å². The average Bonchev–Trinajstić information content (AvgIpc) is 2.37. The van der Waals surface area contributed by atoms with Gasteiger partial charge in [-0.15, -0.1) is 0 Å². The van der Waals surface area contributed by atoms with Crippen molar-refractivity contribution in [1.82, 2.24) is 4.90 Å². The molecule has 110 valence electrons. The van der Waals surface area contributed by atoms with Gasteiger partial charge in [-0.1, -0.05) is 26.0 Å². The first kappa shape index (κ1) is 16.1. The van der Waals surface area contributed by atoms with Crippen molar-refractivity contribution < 1.29 is 9.72 Å². The van der Waals surface area contributed by atoms with Crippen LogP contribution in [-0.4, -0.2) is 28.8 Å². The number of benzene rings is 1. The van der Waals surface area contributed by atoms with Crippen molar-refractivity contribution in [3.63, 3.8) is 0 Å². The zero-order chi connectivity index (χ0) is 15.3. The van der Waals surface area contributed by atoms with Gasteiger partial charge in [0.25, 0.3) is 5.69 Å². The van der Waals surface area contributed by atoms with E-state index in [0.717, 1.165) is 0 Å². The standard InChI is InChI=1S/C14H21N3O3/c1-10(2)7-13(15)14(18)16(3)9-11-5-4-6-12(8-11)17(19)20/h4-6,8,10,13H,7,9,15H2,1-3H3. The van der Waals surface area contributed by atoms with E-state index in [9.17, 15) is 14.9 Å². The molecule has 0 bridgehead atoms. The SMILES string of the molecule is CC(C)CC(N)C(=O)N(C)Cc1cccc([N+](=O)[O-])c1. The van der Waals surface area contributed by atoms with Crippen molar-refractivity contribution in [3.05, 3.63) is 39.9 Å². The Morgan fingerprint density at radius 3 is 2.65 bits per heavy atom. The van der Waals surface area contributed by atoms with Crippen molar-refractivity contribution in [1.29, 1.82) is 0 Å². The normalized spacial score (nSPS) is 12.2. The number of likely N-dealkylation sites (N-methyl/N-ethyl adjacent to an activating group) is 1. The molecule has 0 radical (unpaired) electrons. The molecule has 0 aromatic heterocycles. The molecule has 0 aliphatic rings. The fourth-order valence-electron chi connectivity index (χ4n) is 2.01. The predicted molar refractivity (Wildman–Crippen MR) is 77.0 cm³/mol. The van der Waals surface area contributed by atoms with Gasteiger partial charge in [-0.05, 0) is 17.9 Å². The Morgan fingerprint density at radius 2 is 2.10 bits per heavy atom. The lowest BCUT2D eigenvalue weighted by molar-refractivity contribution is -0.384. The summed E-state index contributed by atoms with van der Waals surface area (Å²) in [7, 11) is 1.65. The van der Waals surface area contributed by atoms with Crippen LogP contribution in [0.25, 0.3) is 0 Å². The van der Waals surface area contributed by atoms with E-state index in [4.69, 9.17) is 5.73 Å². The number of carbonyl (C=O) groups is 1. The third-order valence-electron chi connectivity index (χ3n) is 2.96. The summed E-state index contributed by atoms with van der Waals surface area (Å²) in [4.78, 5) is 23.8. The fourth-order valence-corrected chi connectivity index (χ4v) is 2.01. The second-order valence-corrected chi connectivity index (χ2v) is 5.36. The van der Waals surface area contributed by atoms with Crippen LogP contribution in [0, 0.1) is 16.0 Å². The van der Waals surface area contributed by atoms with Gasteiger partial charge in [-0.3, -0.25) is 14.9 Å². The molecule has 0 saturated carbocycles. The second kappa shape index (κ2) is 7.00. The minimum Gasteiger partial charge on any atom is -0.340 e. The molecule has 1 aromatic rings. The number of rotatable bonds is 6. The highest BCUT2D eigenvalue weighted by Crippen LogP contribution is 2.15. The van der Waals surface area contributed by atoms with Crippen LogP contribution in [0.15, 0.2) is 24.3 Å². The number of nitro benzene ring substituents is 1. The van der Waals surface area contributed by atoms with Crippen LogP contribution >= 0.6 is 0 Å². The lowest BCUT2D eigenvalue weighted by Crippen LogP contribution is -2.42. The monoisotopic (exact) mass is 279 g/mol. The topological polar surface area (TPSA) is 89.5 Å². The Bertz CT molecular complexity index is 488. The van der Waals surface area contributed by atoms with Crippen molar-refractivity contribution >= 4 is 11.6 Å². The molecule has 0 aliphatic heterocycles. The van der Waals surface area contributed by atoms with Gasteiger partial charge < -0.3 is 10.6 Å². The third-order valence-corrected chi connectivity index (χ3v) is 2.96. The fraction of sp³-hybridized carbons (Fsp3) is 0.500. The summed E-state index contributed by atoms with van der Waals surface area (Å²) in [5, 5.41) is 10.7. The summed E-state index contributed by atoms with van der Waals surface area (Å²) in [6.07, 6.45) is 0.623. The molecule has 2 N–H and O–H groups in total. The predicted octanol–water partition coefficient (Wildman–Crippen LogP) is 1.93. The maximum absolute atomic E-state index is 12.1. The van der Waals surface area contributed by atoms with Gasteiger partial charge in [0.1, 0.15) is 0 Å². The van der Waals surface area contributed by atoms with E-state index >= 15 is 0 Å². The highest BCUT2D eigenvalue weighted by Gasteiger charge is 2.19. The Hall–Kier alpha value is -1.95. The van der Waals surface area contributed by atoms with E-state index in [-0.39, 0.29) is 11.6 Å². The maximum Gasteiger partial charge on any atom is 0.269 e. The Labute approximate surface area is 118 Å². The Morgan fingerprint density at radius 1 is 1.45 bits per heavy atom. The molecule has 6 nitrogen and oxygen atoms in total. The van der Waals surface area contributed by atoms with Crippen molar-refractivity contribution in [2.45, 2.75) is 32.9 Å². The van der Waals surface area contributed by atoms with Gasteiger partial charge in [-0.25, -0.2) is 0 Å². The van der Waals surface area contributed by atoms with Gasteiger partial charge in [0.05, 0.1) is 11.0 Å². The number of hydrogen-bond donors (Lipinski definition) is 1. The molecule has 0 aliphatic carbocycles. The van der Waals surface area contributed by atoms with Crippen LogP contribution in [0.2, 0.25) is 0 Å². The molecular formula is C14H21N3O3. The molecule has 20 heavy (non-hydrogen) atoms. The number of nitro groups is 1. The first-order chi connectivity index (χ1) is 9.31. The summed E-state index contributed by atoms with van der Waals surface area (Å²) < 4.78 is 0. The number of nitrogens with zero attached hydrogens (tertiary/aromatic N) is 2. The summed E-state index contributed by atoms with van der Waals surface area (Å²) in [6, 6.07) is 5.73. The van der Waals surface area contributed by atoms with Crippen molar-refractivity contribution in [2.75, 3.05) is 7.05 Å². The number of non-ortho nitro benzene ring substituents is 1. The lowest BCUT2D eigenvalue weighted by atomic mass is 10.0. The quantitative estimate of drug-likeness (QED) is 0.636. The van der Waals surface area contributed by atoms with Gasteiger partial charge in [0.2, 0.25) is 5.91 Å². The van der Waals surface area contributed by atoms with Crippen molar-refractivity contribution in [2.24, 2.45) is 11.7 Å². The van der Waals surface area contributed by atoms with Crippen LogP contribution < -0.4 is 5.73 Å². The maximum atomic E-state index is 12.1. The number of amides is 1. The molecule has 1 rings (SSSR count). The zero-order valence-corrected chi connectivity index (χ0v) is 12.1. The molecule has 0 heterocycles. The molecule has 6 heteroatoms. The van der Waals surface area contributed by atoms with Gasteiger partial charge in [0, 0.05) is 25.7 Å². The van der Waals surface area contributed by atoms with Gasteiger partial charge in [-0.2, -0.15) is 0 Å². The van der Waals surface area contributed by atoms with Gasteiger partial charge >= 0.3 is 0 Å². The Balaban J connectivity index is 2.70. The van der Waals surface area contributed by atoms with Crippen LogP contribution in [-0.2, 0) is 11.3 Å². The number of hydrogen-bond acceptors (Lipinski definition) is 4. The lowest BCUT2D eigenvalue weighted by Gasteiger charge is -2.22. The average molecular weight is 279 g/mol. The van der Waals surface area contributed by atoms with E-state index in [1.807, 2.05) is 13.8 Å². The van der Waals surface area contributed by atoms with Crippen LogP contribution in [0.4, 0.5) is 5.69 Å². The molecular weight excluding hydrogens is 258 g/mol. The Kier molecular flexibility index (Phi) is 5.64. The minimum absolute atomic E-state index is 0.0230. The zero-order valence-electron chi connectivity index (χ0n) is 12.1. The molecule has 0 spiro atoms. The summed E-state index contributed by atoms with van der Waals surface area (Å²) in [5.74, 6) is 0.199.